The number of fused-ring (bicyclic) bond motifs is 3. The van der Waals surface area contributed by atoms with Crippen LogP contribution in [0.15, 0.2) is 53.3 Å². The maximum absolute atomic E-state index is 14.0. The number of phenols is 1. The minimum atomic E-state index is -2.70. The van der Waals surface area contributed by atoms with Crippen molar-refractivity contribution >= 4 is 35.0 Å². The highest BCUT2D eigenvalue weighted by molar-refractivity contribution is 6.24. The van der Waals surface area contributed by atoms with E-state index in [2.05, 4.69) is 5.32 Å². The molecule has 13 heteroatoms. The first-order valence-electron chi connectivity index (χ1n) is 13.9. The summed E-state index contributed by atoms with van der Waals surface area (Å²) in [5.41, 5.74) is 3.86. The molecule has 5 rings (SSSR count). The van der Waals surface area contributed by atoms with Crippen LogP contribution in [-0.4, -0.2) is 95.0 Å². The van der Waals surface area contributed by atoms with Crippen LogP contribution in [0.25, 0.3) is 16.9 Å². The van der Waals surface area contributed by atoms with Crippen molar-refractivity contribution in [2.45, 2.75) is 24.5 Å². The molecule has 44 heavy (non-hydrogen) atoms. The number of ketones is 2. The molecular weight excluding hydrogens is 574 g/mol. The van der Waals surface area contributed by atoms with Crippen molar-refractivity contribution in [3.05, 3.63) is 64.4 Å². The number of carbonyl (C=O) groups excluding carboxylic acids is 4. The van der Waals surface area contributed by atoms with Gasteiger partial charge in [0, 0.05) is 24.3 Å². The summed E-state index contributed by atoms with van der Waals surface area (Å²) in [5.74, 6) is -7.08. The minimum Gasteiger partial charge on any atom is -0.508 e. The molecule has 3 aliphatic rings. The Morgan fingerprint density at radius 3 is 2.36 bits per heavy atom. The summed E-state index contributed by atoms with van der Waals surface area (Å²) >= 11 is 0. The van der Waals surface area contributed by atoms with Crippen LogP contribution < -0.4 is 11.1 Å². The van der Waals surface area contributed by atoms with Gasteiger partial charge in [-0.2, -0.15) is 0 Å². The molecule has 3 aliphatic carbocycles. The Morgan fingerprint density at radius 2 is 1.75 bits per heavy atom. The van der Waals surface area contributed by atoms with Gasteiger partial charge in [-0.3, -0.25) is 24.6 Å². The SMILES string of the molecule is COCCOC(=O)Nc1ccc(-c2ccc(O)c3c2C[C@H]2C[C@H]4[C@@H](N(C)C)C(=O)C(C(N)=O)=C(O)[C@@]4(O)C(=O)C2=C3O)cc1. The molecule has 232 valence electrons. The number of aliphatic hydroxyl groups is 3. The average Bonchev–Trinajstić information content (AvgIpc) is 2.95. The number of anilines is 1. The van der Waals surface area contributed by atoms with E-state index in [9.17, 15) is 39.6 Å². The lowest BCUT2D eigenvalue weighted by molar-refractivity contribution is -0.153. The topological polar surface area (TPSA) is 209 Å². The summed E-state index contributed by atoms with van der Waals surface area (Å²) in [4.78, 5) is 52.8. The number of aromatic hydroxyl groups is 1. The van der Waals surface area contributed by atoms with Crippen molar-refractivity contribution in [3.63, 3.8) is 0 Å². The van der Waals surface area contributed by atoms with Gasteiger partial charge in [-0.1, -0.05) is 18.2 Å². The van der Waals surface area contributed by atoms with Crippen LogP contribution in [0, 0.1) is 11.8 Å². The first-order valence-corrected chi connectivity index (χ1v) is 13.9. The van der Waals surface area contributed by atoms with Gasteiger partial charge in [0.15, 0.2) is 11.4 Å². The van der Waals surface area contributed by atoms with Crippen LogP contribution in [0.1, 0.15) is 17.5 Å². The van der Waals surface area contributed by atoms with E-state index in [0.29, 0.717) is 22.4 Å². The van der Waals surface area contributed by atoms with Gasteiger partial charge in [-0.25, -0.2) is 4.79 Å². The molecule has 0 saturated heterocycles. The fourth-order valence-electron chi connectivity index (χ4n) is 6.62. The maximum Gasteiger partial charge on any atom is 0.411 e. The Labute approximate surface area is 252 Å². The highest BCUT2D eigenvalue weighted by Crippen LogP contribution is 2.53. The summed E-state index contributed by atoms with van der Waals surface area (Å²) in [7, 11) is 4.58. The smallest absolute Gasteiger partial charge is 0.411 e. The standard InChI is InChI=1S/C31H33N3O10/c1-34(2)24-19-13-15-12-18-17(14-4-6-16(7-5-14)33-30(41)44-11-10-43-3)8-9-20(35)22(18)25(36)21(15)27(38)31(19,42)28(39)23(26(24)37)29(32)40/h4-9,15,19,24,35-36,39,42H,10-13H2,1-3H3,(H2,32,40)(H,33,41)/t15-,19-,24+,31-/m0/s1. The van der Waals surface area contributed by atoms with Crippen molar-refractivity contribution in [1.82, 2.24) is 4.90 Å². The Morgan fingerprint density at radius 1 is 1.07 bits per heavy atom. The molecule has 0 bridgehead atoms. The number of carbonyl (C=O) groups is 4. The highest BCUT2D eigenvalue weighted by atomic mass is 16.6. The van der Waals surface area contributed by atoms with E-state index >= 15 is 0 Å². The number of amides is 2. The summed E-state index contributed by atoms with van der Waals surface area (Å²) in [5, 5.41) is 47.6. The molecule has 4 atom stereocenters. The van der Waals surface area contributed by atoms with E-state index in [0.717, 1.165) is 0 Å². The lowest BCUT2D eigenvalue weighted by atomic mass is 9.57. The zero-order chi connectivity index (χ0) is 32.1. The van der Waals surface area contributed by atoms with E-state index in [1.54, 1.807) is 44.4 Å². The zero-order valence-electron chi connectivity index (χ0n) is 24.3. The summed E-state index contributed by atoms with van der Waals surface area (Å²) < 4.78 is 9.87. The summed E-state index contributed by atoms with van der Waals surface area (Å²) in [6.07, 6.45) is -0.527. The Kier molecular flexibility index (Phi) is 7.97. The van der Waals surface area contributed by atoms with Crippen molar-refractivity contribution in [3.8, 4) is 16.9 Å². The number of likely N-dealkylation sites (N-methyl/N-ethyl adjacent to an activating group) is 1. The Hall–Kier alpha value is -4.72. The largest absolute Gasteiger partial charge is 0.508 e. The normalized spacial score (nSPS) is 24.5. The van der Waals surface area contributed by atoms with E-state index in [1.807, 2.05) is 0 Å². The quantitative estimate of drug-likeness (QED) is 0.198. The van der Waals surface area contributed by atoms with Gasteiger partial charge in [-0.15, -0.1) is 0 Å². The first-order chi connectivity index (χ1) is 20.8. The fraction of sp³-hybridized carbons (Fsp3) is 0.355. The van der Waals surface area contributed by atoms with Crippen LogP contribution in [-0.2, 0) is 30.3 Å². The zero-order valence-corrected chi connectivity index (χ0v) is 24.3. The number of rotatable bonds is 7. The van der Waals surface area contributed by atoms with Gasteiger partial charge in [0.05, 0.1) is 18.2 Å². The van der Waals surface area contributed by atoms with Crippen molar-refractivity contribution < 1.29 is 49.1 Å². The van der Waals surface area contributed by atoms with Crippen LogP contribution in [0.2, 0.25) is 0 Å². The number of nitrogens with one attached hydrogen (secondary N) is 1. The highest BCUT2D eigenvalue weighted by Gasteiger charge is 2.64. The first kappa shape index (κ1) is 30.7. The molecule has 2 aromatic carbocycles. The molecule has 0 aliphatic heterocycles. The van der Waals surface area contributed by atoms with Crippen molar-refractivity contribution in [2.75, 3.05) is 39.7 Å². The number of nitrogens with zero attached hydrogens (tertiary/aromatic N) is 1. The van der Waals surface area contributed by atoms with Gasteiger partial charge >= 0.3 is 6.09 Å². The minimum absolute atomic E-state index is 0.0114. The molecule has 7 N–H and O–H groups in total. The van der Waals surface area contributed by atoms with Gasteiger partial charge in [0.2, 0.25) is 5.78 Å². The molecule has 0 unspecified atom stereocenters. The van der Waals surface area contributed by atoms with Crippen LogP contribution in [0.3, 0.4) is 0 Å². The number of benzene rings is 2. The molecule has 13 nitrogen and oxygen atoms in total. The molecule has 0 radical (unpaired) electrons. The molecule has 1 saturated carbocycles. The number of Topliss-reactive ketones (excluding diaryl/α,β-unsaturated/α-hetero) is 2. The van der Waals surface area contributed by atoms with Crippen molar-refractivity contribution in [1.29, 1.82) is 0 Å². The predicted molar refractivity (Wildman–Crippen MR) is 157 cm³/mol. The third kappa shape index (κ3) is 4.78. The number of primary amides is 1. The molecule has 0 heterocycles. The number of phenolic OH excluding ortho intramolecular Hbond substituents is 1. The number of ether oxygens (including phenoxy) is 2. The number of aliphatic hydroxyl groups excluding tert-OH is 2. The monoisotopic (exact) mass is 607 g/mol. The predicted octanol–water partition coefficient (Wildman–Crippen LogP) is 1.83. The second kappa shape index (κ2) is 11.4. The molecule has 2 amide bonds. The Balaban J connectivity index is 1.56. The molecule has 2 aromatic rings. The van der Waals surface area contributed by atoms with E-state index in [4.69, 9.17) is 15.2 Å². The number of nitrogens with two attached hydrogens (primary N) is 1. The molecule has 1 fully saturated rings. The lowest BCUT2D eigenvalue weighted by Gasteiger charge is -2.50. The van der Waals surface area contributed by atoms with E-state index in [-0.39, 0.29) is 42.9 Å². The Bertz CT molecular complexity index is 1630. The number of methoxy groups -OCH3 is 1. The van der Waals surface area contributed by atoms with E-state index in [1.165, 1.54) is 18.1 Å². The third-order valence-corrected chi connectivity index (χ3v) is 8.57. The number of hydrogen-bond acceptors (Lipinski definition) is 11. The second-order valence-electron chi connectivity index (χ2n) is 11.3. The van der Waals surface area contributed by atoms with Crippen LogP contribution >= 0.6 is 0 Å². The molecular formula is C31H33N3O10. The average molecular weight is 608 g/mol. The van der Waals surface area contributed by atoms with Gasteiger partial charge < -0.3 is 35.6 Å². The van der Waals surface area contributed by atoms with E-state index < -0.39 is 64.1 Å². The van der Waals surface area contributed by atoms with Gasteiger partial charge in [-0.05, 0) is 67.7 Å². The summed E-state index contributed by atoms with van der Waals surface area (Å²) in [6, 6.07) is 8.62. The summed E-state index contributed by atoms with van der Waals surface area (Å²) in [6.45, 7) is 0.346. The lowest BCUT2D eigenvalue weighted by Crippen LogP contribution is -2.65. The van der Waals surface area contributed by atoms with Crippen LogP contribution in [0.4, 0.5) is 10.5 Å². The molecule has 0 spiro atoms. The van der Waals surface area contributed by atoms with Gasteiger partial charge in [0.25, 0.3) is 5.91 Å². The second-order valence-corrected chi connectivity index (χ2v) is 11.3. The maximum atomic E-state index is 14.0. The molecule has 0 aromatic heterocycles. The van der Waals surface area contributed by atoms with Crippen molar-refractivity contribution in [2.24, 2.45) is 17.6 Å². The van der Waals surface area contributed by atoms with Crippen LogP contribution in [0.5, 0.6) is 5.75 Å². The third-order valence-electron chi connectivity index (χ3n) is 8.57. The van der Waals surface area contributed by atoms with Gasteiger partial charge in [0.1, 0.15) is 29.4 Å². The number of hydrogen-bond donors (Lipinski definition) is 6. The fourth-order valence-corrected chi connectivity index (χ4v) is 6.62.